The van der Waals surface area contributed by atoms with Gasteiger partial charge in [0.15, 0.2) is 11.5 Å². The number of carbonyl (C=O) groups is 2. The van der Waals surface area contributed by atoms with Gasteiger partial charge in [0.25, 0.3) is 5.91 Å². The number of anilines is 3. The molecule has 2 saturated heterocycles. The fourth-order valence-corrected chi connectivity index (χ4v) is 6.10. The predicted molar refractivity (Wildman–Crippen MR) is 172 cm³/mol. The van der Waals surface area contributed by atoms with Crippen LogP contribution in [0.5, 0.6) is 11.5 Å². The summed E-state index contributed by atoms with van der Waals surface area (Å²) in [4.78, 5) is 31.2. The highest BCUT2D eigenvalue weighted by Crippen LogP contribution is 2.32. The molecule has 1 aromatic heterocycles. The summed E-state index contributed by atoms with van der Waals surface area (Å²) in [5.74, 6) is 1.36. The van der Waals surface area contributed by atoms with Gasteiger partial charge in [-0.2, -0.15) is 0 Å². The van der Waals surface area contributed by atoms with Gasteiger partial charge in [-0.15, -0.1) is 0 Å². The van der Waals surface area contributed by atoms with E-state index in [9.17, 15) is 9.59 Å². The molecule has 6 rings (SSSR count). The lowest BCUT2D eigenvalue weighted by atomic mass is 9.86. The second-order valence-electron chi connectivity index (χ2n) is 11.4. The Balaban J connectivity index is 1.16. The van der Waals surface area contributed by atoms with Crippen LogP contribution in [0.15, 0.2) is 83.5 Å². The Morgan fingerprint density at radius 1 is 0.886 bits per heavy atom. The van der Waals surface area contributed by atoms with Gasteiger partial charge >= 0.3 is 0 Å². The van der Waals surface area contributed by atoms with E-state index in [0.29, 0.717) is 11.3 Å². The molecule has 44 heavy (non-hydrogen) atoms. The fourth-order valence-electron chi connectivity index (χ4n) is 6.10. The molecule has 4 aromatic rings. The summed E-state index contributed by atoms with van der Waals surface area (Å²) in [5, 5.41) is 6.45. The Morgan fingerprint density at radius 3 is 2.20 bits per heavy atom. The van der Waals surface area contributed by atoms with E-state index in [-0.39, 0.29) is 29.5 Å². The molecule has 2 aliphatic rings. The van der Waals surface area contributed by atoms with Crippen LogP contribution in [0.1, 0.15) is 38.5 Å². The van der Waals surface area contributed by atoms with Crippen molar-refractivity contribution < 1.29 is 23.5 Å². The Labute approximate surface area is 257 Å². The fraction of sp³-hybridized carbons (Fsp3) is 0.314. The Bertz CT molecular complexity index is 1600. The highest BCUT2D eigenvalue weighted by atomic mass is 16.5. The van der Waals surface area contributed by atoms with Crippen LogP contribution in [0.2, 0.25) is 0 Å². The van der Waals surface area contributed by atoms with Crippen LogP contribution in [0.25, 0.3) is 0 Å². The molecule has 2 fully saturated rings. The van der Waals surface area contributed by atoms with Gasteiger partial charge in [0, 0.05) is 49.5 Å². The number of ether oxygens (including phenoxy) is 2. The average Bonchev–Trinajstić information content (AvgIpc) is 3.58. The summed E-state index contributed by atoms with van der Waals surface area (Å²) >= 11 is 0. The third-order valence-corrected chi connectivity index (χ3v) is 8.52. The average molecular weight is 595 g/mol. The summed E-state index contributed by atoms with van der Waals surface area (Å²) in [5.41, 5.74) is 5.63. The number of carbonyl (C=O) groups excluding carboxylic acids is 2. The maximum Gasteiger partial charge on any atom is 0.291 e. The molecule has 9 nitrogen and oxygen atoms in total. The van der Waals surface area contributed by atoms with E-state index in [1.54, 1.807) is 32.4 Å². The molecule has 0 aliphatic carbocycles. The van der Waals surface area contributed by atoms with Gasteiger partial charge in [0.1, 0.15) is 11.5 Å². The van der Waals surface area contributed by atoms with Crippen molar-refractivity contribution in [3.05, 3.63) is 102 Å². The lowest BCUT2D eigenvalue weighted by Gasteiger charge is -2.39. The summed E-state index contributed by atoms with van der Waals surface area (Å²) in [7, 11) is 3.27. The maximum absolute atomic E-state index is 13.6. The first-order chi connectivity index (χ1) is 21.4. The number of Topliss-reactive ketones (excluding diaryl/α,β-unsaturated/α-hetero) is 1. The molecule has 1 amide bonds. The van der Waals surface area contributed by atoms with Crippen LogP contribution in [-0.2, 0) is 6.42 Å². The van der Waals surface area contributed by atoms with Gasteiger partial charge in [-0.05, 0) is 79.4 Å². The number of piperazine rings is 1. The SMILES string of the molecule is COc1cc(CC2CC(C(=O)c3ccc(N4CCN(c5ccccc5C)CC4)c(NC(=O)c4ccco4)c3)N2)cc(OC)c1. The zero-order chi connectivity index (χ0) is 30.6. The largest absolute Gasteiger partial charge is 0.497 e. The first-order valence-corrected chi connectivity index (χ1v) is 15.0. The maximum atomic E-state index is 13.6. The van der Waals surface area contributed by atoms with Crippen molar-refractivity contribution in [1.82, 2.24) is 5.32 Å². The number of aryl methyl sites for hydroxylation is 1. The molecule has 2 aliphatic heterocycles. The molecule has 0 spiro atoms. The van der Waals surface area contributed by atoms with Crippen molar-refractivity contribution in [2.45, 2.75) is 31.8 Å². The quantitative estimate of drug-likeness (QED) is 0.238. The summed E-state index contributed by atoms with van der Waals surface area (Å²) in [6.07, 6.45) is 2.95. The van der Waals surface area contributed by atoms with Crippen LogP contribution in [-0.4, -0.2) is 64.2 Å². The van der Waals surface area contributed by atoms with Crippen LogP contribution < -0.4 is 29.9 Å². The number of nitrogens with one attached hydrogen (secondary N) is 2. The first-order valence-electron chi connectivity index (χ1n) is 15.0. The van der Waals surface area contributed by atoms with Gasteiger partial charge in [-0.3, -0.25) is 9.59 Å². The number of hydrogen-bond donors (Lipinski definition) is 2. The minimum Gasteiger partial charge on any atom is -0.497 e. The number of nitrogens with zero attached hydrogens (tertiary/aromatic N) is 2. The van der Waals surface area contributed by atoms with E-state index in [1.807, 2.05) is 30.3 Å². The van der Waals surface area contributed by atoms with E-state index in [1.165, 1.54) is 17.5 Å². The summed E-state index contributed by atoms with van der Waals surface area (Å²) in [6, 6.07) is 23.1. The lowest BCUT2D eigenvalue weighted by molar-refractivity contribution is 0.0863. The predicted octanol–water partition coefficient (Wildman–Crippen LogP) is 5.34. The number of methoxy groups -OCH3 is 2. The van der Waals surface area contributed by atoms with Crippen LogP contribution >= 0.6 is 0 Å². The number of hydrogen-bond acceptors (Lipinski definition) is 8. The van der Waals surface area contributed by atoms with Gasteiger partial charge in [-0.1, -0.05) is 18.2 Å². The molecule has 3 heterocycles. The van der Waals surface area contributed by atoms with Crippen molar-refractivity contribution in [3.63, 3.8) is 0 Å². The van der Waals surface area contributed by atoms with Gasteiger partial charge in [0.2, 0.25) is 0 Å². The molecular formula is C35H38N4O5. The first kappa shape index (κ1) is 29.3. The van der Waals surface area contributed by atoms with E-state index in [0.717, 1.165) is 61.8 Å². The normalized spacial score (nSPS) is 18.0. The van der Waals surface area contributed by atoms with Crippen LogP contribution in [0.3, 0.4) is 0 Å². The Hall–Kier alpha value is -4.76. The summed E-state index contributed by atoms with van der Waals surface area (Å²) < 4.78 is 16.1. The second-order valence-corrected chi connectivity index (χ2v) is 11.4. The third kappa shape index (κ3) is 6.28. The molecule has 9 heteroatoms. The minimum absolute atomic E-state index is 0.00823. The molecule has 2 unspecified atom stereocenters. The number of ketones is 1. The third-order valence-electron chi connectivity index (χ3n) is 8.52. The van der Waals surface area contributed by atoms with Crippen molar-refractivity contribution in [3.8, 4) is 11.5 Å². The zero-order valence-electron chi connectivity index (χ0n) is 25.3. The van der Waals surface area contributed by atoms with Crippen LogP contribution in [0, 0.1) is 6.92 Å². The number of amides is 1. The monoisotopic (exact) mass is 594 g/mol. The van der Waals surface area contributed by atoms with Gasteiger partial charge < -0.3 is 34.3 Å². The van der Waals surface area contributed by atoms with E-state index in [2.05, 4.69) is 51.6 Å². The molecule has 2 atom stereocenters. The number of furan rings is 1. The highest BCUT2D eigenvalue weighted by Gasteiger charge is 2.34. The molecule has 0 radical (unpaired) electrons. The lowest BCUT2D eigenvalue weighted by Crippen LogP contribution is -2.57. The Kier molecular flexibility index (Phi) is 8.56. The van der Waals surface area contributed by atoms with Crippen molar-refractivity contribution in [1.29, 1.82) is 0 Å². The molecular weight excluding hydrogens is 556 g/mol. The standard InChI is InChI=1S/C35H38N4O5/c1-23-7-4-5-8-31(23)38-12-14-39(15-13-38)32-11-10-25(20-29(32)37-35(41)33-9-6-16-44-33)34(40)30-21-26(36-30)17-24-18-27(42-2)22-28(19-24)43-3/h4-11,16,18-20,22,26,30,36H,12-15,17,21H2,1-3H3,(H,37,41). The Morgan fingerprint density at radius 2 is 1.57 bits per heavy atom. The summed E-state index contributed by atoms with van der Waals surface area (Å²) in [6.45, 7) is 5.40. The minimum atomic E-state index is -0.352. The van der Waals surface area contributed by atoms with E-state index in [4.69, 9.17) is 13.9 Å². The van der Waals surface area contributed by atoms with Crippen LogP contribution in [0.4, 0.5) is 17.1 Å². The highest BCUT2D eigenvalue weighted by molar-refractivity contribution is 6.07. The molecule has 228 valence electrons. The molecule has 2 N–H and O–H groups in total. The van der Waals surface area contributed by atoms with E-state index < -0.39 is 0 Å². The van der Waals surface area contributed by atoms with Crippen molar-refractivity contribution >= 4 is 28.8 Å². The zero-order valence-corrected chi connectivity index (χ0v) is 25.3. The van der Waals surface area contributed by atoms with Crippen molar-refractivity contribution in [2.24, 2.45) is 0 Å². The molecule has 0 saturated carbocycles. The molecule has 0 bridgehead atoms. The second kappa shape index (κ2) is 12.9. The smallest absolute Gasteiger partial charge is 0.291 e. The van der Waals surface area contributed by atoms with Gasteiger partial charge in [0.05, 0.1) is 37.9 Å². The van der Waals surface area contributed by atoms with E-state index >= 15 is 0 Å². The van der Waals surface area contributed by atoms with Crippen molar-refractivity contribution in [2.75, 3.05) is 55.5 Å². The number of rotatable bonds is 10. The topological polar surface area (TPSA) is 96.3 Å². The van der Waals surface area contributed by atoms with Gasteiger partial charge in [-0.25, -0.2) is 0 Å². The number of benzene rings is 3. The molecule has 3 aromatic carbocycles. The number of para-hydroxylation sites is 1.